The maximum Gasteiger partial charge on any atom is 0.254 e. The standard InChI is InChI=1S/C10H13IN2O2/c12-9-2-1-8(7-11-9)10(14)13-3-5-15-6-4-13/h1-2,7H,3-6,12H2. The van der Waals surface area contributed by atoms with E-state index >= 15 is 0 Å². The smallest absolute Gasteiger partial charge is 0.254 e. The van der Waals surface area contributed by atoms with Gasteiger partial charge < -0.3 is 15.4 Å². The first kappa shape index (κ1) is 10.8. The number of nitrogens with zero attached hydrogens (tertiary/aromatic N) is 1. The monoisotopic (exact) mass is 320 g/mol. The largest absolute Gasteiger partial charge is 0.394 e. The predicted molar refractivity (Wildman–Crippen MR) is 67.8 cm³/mol. The summed E-state index contributed by atoms with van der Waals surface area (Å²) >= 11 is -0.278. The molecule has 0 spiro atoms. The van der Waals surface area contributed by atoms with Crippen molar-refractivity contribution in [2.45, 2.75) is 0 Å². The number of carbonyl (C=O) groups is 1. The molecule has 5 heteroatoms. The summed E-state index contributed by atoms with van der Waals surface area (Å²) in [5.74, 6) is 0.113. The predicted octanol–water partition coefficient (Wildman–Crippen LogP) is 0.358. The molecule has 0 aromatic rings. The Morgan fingerprint density at radius 2 is 2.13 bits per heavy atom. The van der Waals surface area contributed by atoms with Crippen LogP contribution in [0, 0.1) is 0 Å². The maximum atomic E-state index is 12.0. The summed E-state index contributed by atoms with van der Waals surface area (Å²) in [6.45, 7) is 2.68. The van der Waals surface area contributed by atoms with Crippen molar-refractivity contribution in [2.24, 2.45) is 5.73 Å². The quantitative estimate of drug-likeness (QED) is 0.561. The number of allylic oxidation sites excluding steroid dienone is 2. The van der Waals surface area contributed by atoms with Crippen LogP contribution in [0.2, 0.25) is 0 Å². The molecule has 4 nitrogen and oxygen atoms in total. The van der Waals surface area contributed by atoms with E-state index in [9.17, 15) is 4.79 Å². The van der Waals surface area contributed by atoms with E-state index in [1.165, 1.54) is 0 Å². The van der Waals surface area contributed by atoms with Gasteiger partial charge in [-0.15, -0.1) is 0 Å². The highest BCUT2D eigenvalue weighted by Gasteiger charge is 2.19. The molecule has 1 saturated heterocycles. The Kier molecular flexibility index (Phi) is 3.53. The van der Waals surface area contributed by atoms with Gasteiger partial charge in [-0.05, 0) is 16.2 Å². The van der Waals surface area contributed by atoms with Gasteiger partial charge in [0.1, 0.15) is 0 Å². The van der Waals surface area contributed by atoms with Crippen LogP contribution < -0.4 is 5.73 Å². The molecule has 15 heavy (non-hydrogen) atoms. The highest BCUT2D eigenvalue weighted by atomic mass is 127. The minimum Gasteiger partial charge on any atom is -0.394 e. The van der Waals surface area contributed by atoms with Crippen molar-refractivity contribution in [1.82, 2.24) is 4.90 Å². The van der Waals surface area contributed by atoms with Crippen LogP contribution in [0.4, 0.5) is 0 Å². The third-order valence-electron chi connectivity index (χ3n) is 2.27. The molecular formula is C10H13IN2O2. The van der Waals surface area contributed by atoms with Crippen LogP contribution in [0.3, 0.4) is 0 Å². The van der Waals surface area contributed by atoms with Gasteiger partial charge in [-0.1, -0.05) is 20.7 Å². The zero-order valence-electron chi connectivity index (χ0n) is 8.28. The Bertz CT molecular complexity index is 354. The lowest BCUT2D eigenvalue weighted by Crippen LogP contribution is -2.41. The molecule has 0 aromatic carbocycles. The van der Waals surface area contributed by atoms with Crippen molar-refractivity contribution < 1.29 is 9.53 Å². The number of hydrogen-bond acceptors (Lipinski definition) is 3. The first-order valence-electron chi connectivity index (χ1n) is 4.78. The van der Waals surface area contributed by atoms with E-state index in [4.69, 9.17) is 10.5 Å². The molecule has 2 N–H and O–H groups in total. The van der Waals surface area contributed by atoms with Gasteiger partial charge in [0, 0.05) is 18.7 Å². The number of ether oxygens (including phenoxy) is 1. The number of hydrogen-bond donors (Lipinski definition) is 1. The number of halogens is 1. The average molecular weight is 320 g/mol. The fourth-order valence-corrected chi connectivity index (χ4v) is 2.99. The normalized spacial score (nSPS) is 21.5. The average Bonchev–Trinajstić information content (AvgIpc) is 2.30. The topological polar surface area (TPSA) is 55.6 Å². The van der Waals surface area contributed by atoms with Crippen LogP contribution in [0.1, 0.15) is 0 Å². The van der Waals surface area contributed by atoms with Gasteiger partial charge >= 0.3 is 0 Å². The summed E-state index contributed by atoms with van der Waals surface area (Å²) in [6, 6.07) is 0. The Hall–Kier alpha value is -0.690. The van der Waals surface area contributed by atoms with Crippen molar-refractivity contribution in [3.63, 3.8) is 0 Å². The van der Waals surface area contributed by atoms with Crippen LogP contribution >= 0.6 is 20.7 Å². The molecule has 82 valence electrons. The van der Waals surface area contributed by atoms with E-state index in [1.54, 1.807) is 0 Å². The lowest BCUT2D eigenvalue weighted by atomic mass is 10.2. The van der Waals surface area contributed by atoms with Gasteiger partial charge in [-0.2, -0.15) is 0 Å². The second kappa shape index (κ2) is 4.89. The van der Waals surface area contributed by atoms with Crippen molar-refractivity contribution in [1.29, 1.82) is 0 Å². The lowest BCUT2D eigenvalue weighted by molar-refractivity contribution is -0.130. The molecule has 0 aliphatic carbocycles. The molecule has 0 saturated carbocycles. The molecule has 0 atom stereocenters. The number of carbonyl (C=O) groups excluding carboxylic acids is 1. The molecule has 1 amide bonds. The van der Waals surface area contributed by atoms with E-state index in [-0.39, 0.29) is 26.6 Å². The Morgan fingerprint density at radius 1 is 1.40 bits per heavy atom. The van der Waals surface area contributed by atoms with Crippen LogP contribution in [0.25, 0.3) is 0 Å². The molecule has 0 radical (unpaired) electrons. The van der Waals surface area contributed by atoms with Crippen LogP contribution in [0.5, 0.6) is 0 Å². The number of rotatable bonds is 1. The van der Waals surface area contributed by atoms with Crippen LogP contribution in [0.15, 0.2) is 21.4 Å². The highest BCUT2D eigenvalue weighted by molar-refractivity contribution is 14.2. The minimum atomic E-state index is -0.278. The molecule has 0 aromatic heterocycles. The molecule has 0 bridgehead atoms. The highest BCUT2D eigenvalue weighted by Crippen LogP contribution is 2.16. The number of nitrogens with two attached hydrogens (primary N) is 1. The third kappa shape index (κ3) is 2.66. The second-order valence-electron chi connectivity index (χ2n) is 3.30. The molecular weight excluding hydrogens is 307 g/mol. The van der Waals surface area contributed by atoms with E-state index in [0.717, 1.165) is 9.28 Å². The Morgan fingerprint density at radius 3 is 2.73 bits per heavy atom. The van der Waals surface area contributed by atoms with Gasteiger partial charge in [0.15, 0.2) is 0 Å². The van der Waals surface area contributed by atoms with Gasteiger partial charge in [0.2, 0.25) is 0 Å². The number of amides is 1. The molecule has 2 heterocycles. The fourth-order valence-electron chi connectivity index (χ4n) is 1.43. The van der Waals surface area contributed by atoms with Gasteiger partial charge in [-0.25, -0.2) is 0 Å². The van der Waals surface area contributed by atoms with Gasteiger partial charge in [-0.3, -0.25) is 4.79 Å². The summed E-state index contributed by atoms with van der Waals surface area (Å²) in [5, 5.41) is 0. The summed E-state index contributed by atoms with van der Waals surface area (Å²) in [7, 11) is 0. The first-order chi connectivity index (χ1) is 7.27. The van der Waals surface area contributed by atoms with E-state index in [1.807, 2.05) is 21.1 Å². The molecule has 2 aliphatic rings. The lowest BCUT2D eigenvalue weighted by Gasteiger charge is -2.27. The molecule has 1 fully saturated rings. The Balaban J connectivity index is 2.05. The van der Waals surface area contributed by atoms with Gasteiger partial charge in [0.05, 0.1) is 16.9 Å². The molecule has 0 unspecified atom stereocenters. The second-order valence-corrected chi connectivity index (χ2v) is 5.79. The van der Waals surface area contributed by atoms with Crippen LogP contribution in [-0.4, -0.2) is 41.1 Å². The SMILES string of the molecule is NC1=CC=C(C(=O)N2CCOCC2)C=I1. The van der Waals surface area contributed by atoms with Crippen molar-refractivity contribution in [3.8, 4) is 0 Å². The van der Waals surface area contributed by atoms with Crippen molar-refractivity contribution >= 4 is 30.6 Å². The first-order valence-corrected chi connectivity index (χ1v) is 7.11. The summed E-state index contributed by atoms with van der Waals surface area (Å²) in [6.07, 6.45) is 3.66. The summed E-state index contributed by atoms with van der Waals surface area (Å²) < 4.78 is 8.11. The van der Waals surface area contributed by atoms with Crippen molar-refractivity contribution in [3.05, 3.63) is 21.4 Å². The number of morpholine rings is 1. The van der Waals surface area contributed by atoms with E-state index < -0.39 is 0 Å². The fraction of sp³-hybridized carbons (Fsp3) is 0.400. The van der Waals surface area contributed by atoms with Crippen LogP contribution in [-0.2, 0) is 9.53 Å². The van der Waals surface area contributed by atoms with Gasteiger partial charge in [0.25, 0.3) is 5.91 Å². The Labute approximate surface area is 98.5 Å². The van der Waals surface area contributed by atoms with E-state index in [2.05, 4.69) is 0 Å². The maximum absolute atomic E-state index is 12.0. The zero-order valence-corrected chi connectivity index (χ0v) is 10.4. The third-order valence-corrected chi connectivity index (χ3v) is 4.33. The van der Waals surface area contributed by atoms with Crippen molar-refractivity contribution in [2.75, 3.05) is 26.3 Å². The zero-order chi connectivity index (χ0) is 10.7. The minimum absolute atomic E-state index is 0.113. The molecule has 2 rings (SSSR count). The van der Waals surface area contributed by atoms with E-state index in [0.29, 0.717) is 26.3 Å². The summed E-state index contributed by atoms with van der Waals surface area (Å²) in [5.41, 5.74) is 6.46. The molecule has 2 aliphatic heterocycles. The summed E-state index contributed by atoms with van der Waals surface area (Å²) in [4.78, 5) is 13.8.